The van der Waals surface area contributed by atoms with E-state index in [9.17, 15) is 4.79 Å². The van der Waals surface area contributed by atoms with Gasteiger partial charge in [-0.25, -0.2) is 0 Å². The maximum absolute atomic E-state index is 12.0. The van der Waals surface area contributed by atoms with Crippen molar-refractivity contribution in [2.45, 2.75) is 19.4 Å². The van der Waals surface area contributed by atoms with Gasteiger partial charge < -0.3 is 14.5 Å². The zero-order valence-corrected chi connectivity index (χ0v) is 11.1. The fraction of sp³-hybridized carbons (Fsp3) is 0.267. The van der Waals surface area contributed by atoms with Gasteiger partial charge in [0.15, 0.2) is 0 Å². The van der Waals surface area contributed by atoms with Crippen molar-refractivity contribution in [1.82, 2.24) is 5.32 Å². The fourth-order valence-electron chi connectivity index (χ4n) is 1.99. The molecule has 0 saturated carbocycles. The third kappa shape index (κ3) is 2.96. The number of benzene rings is 1. The smallest absolute Gasteiger partial charge is 0.255 e. The Morgan fingerprint density at radius 3 is 2.79 bits per heavy atom. The summed E-state index contributed by atoms with van der Waals surface area (Å²) in [6, 6.07) is 9.26. The van der Waals surface area contributed by atoms with Crippen molar-refractivity contribution in [2.75, 3.05) is 7.11 Å². The normalized spacial score (nSPS) is 11.9. The summed E-state index contributed by atoms with van der Waals surface area (Å²) < 4.78 is 10.2. The molecular formula is C15H17NO3. The van der Waals surface area contributed by atoms with Crippen molar-refractivity contribution in [2.24, 2.45) is 0 Å². The lowest BCUT2D eigenvalue weighted by Crippen LogP contribution is -2.28. The monoisotopic (exact) mass is 259 g/mol. The standard InChI is InChI=1S/C15H17NO3/c1-3-13(12-6-4-5-7-14(12)18-2)16-15(17)11-8-9-19-10-11/h4-10,13H,3H2,1-2H3,(H,16,17). The van der Waals surface area contributed by atoms with Crippen LogP contribution >= 0.6 is 0 Å². The van der Waals surface area contributed by atoms with E-state index in [-0.39, 0.29) is 11.9 Å². The quantitative estimate of drug-likeness (QED) is 0.897. The first-order chi connectivity index (χ1) is 9.26. The lowest BCUT2D eigenvalue weighted by atomic mass is 10.0. The highest BCUT2D eigenvalue weighted by molar-refractivity contribution is 5.94. The van der Waals surface area contributed by atoms with E-state index >= 15 is 0 Å². The first-order valence-electron chi connectivity index (χ1n) is 6.22. The van der Waals surface area contributed by atoms with Crippen molar-refractivity contribution in [3.63, 3.8) is 0 Å². The van der Waals surface area contributed by atoms with Crippen LogP contribution in [0.1, 0.15) is 35.3 Å². The van der Waals surface area contributed by atoms with Crippen LogP contribution in [0, 0.1) is 0 Å². The van der Waals surface area contributed by atoms with Gasteiger partial charge in [-0.3, -0.25) is 4.79 Å². The molecule has 0 fully saturated rings. The molecule has 0 aliphatic rings. The van der Waals surface area contributed by atoms with Crippen molar-refractivity contribution in [1.29, 1.82) is 0 Å². The molecule has 2 aromatic rings. The van der Waals surface area contributed by atoms with Crippen LogP contribution in [0.4, 0.5) is 0 Å². The molecule has 4 heteroatoms. The van der Waals surface area contributed by atoms with Crippen LogP contribution in [-0.2, 0) is 0 Å². The van der Waals surface area contributed by atoms with Crippen LogP contribution in [0.2, 0.25) is 0 Å². The number of carbonyl (C=O) groups is 1. The number of hydrogen-bond acceptors (Lipinski definition) is 3. The highest BCUT2D eigenvalue weighted by atomic mass is 16.5. The average molecular weight is 259 g/mol. The summed E-state index contributed by atoms with van der Waals surface area (Å²) in [5.41, 5.74) is 1.50. The van der Waals surface area contributed by atoms with Gasteiger partial charge in [-0.1, -0.05) is 25.1 Å². The van der Waals surface area contributed by atoms with Crippen molar-refractivity contribution in [3.05, 3.63) is 54.0 Å². The maximum atomic E-state index is 12.0. The highest BCUT2D eigenvalue weighted by Gasteiger charge is 2.17. The molecule has 19 heavy (non-hydrogen) atoms. The van der Waals surface area contributed by atoms with E-state index in [1.165, 1.54) is 12.5 Å². The molecule has 2 rings (SSSR count). The number of nitrogens with one attached hydrogen (secondary N) is 1. The first-order valence-corrected chi connectivity index (χ1v) is 6.22. The van der Waals surface area contributed by atoms with Gasteiger partial charge in [-0.2, -0.15) is 0 Å². The Labute approximate surface area is 112 Å². The number of carbonyl (C=O) groups excluding carboxylic acids is 1. The zero-order chi connectivity index (χ0) is 13.7. The van der Waals surface area contributed by atoms with Gasteiger partial charge in [0, 0.05) is 5.56 Å². The molecule has 0 aliphatic heterocycles. The minimum Gasteiger partial charge on any atom is -0.496 e. The van der Waals surface area contributed by atoms with E-state index in [4.69, 9.17) is 9.15 Å². The molecule has 100 valence electrons. The number of rotatable bonds is 5. The molecule has 0 spiro atoms. The van der Waals surface area contributed by atoms with Crippen LogP contribution in [0.25, 0.3) is 0 Å². The Balaban J connectivity index is 2.18. The average Bonchev–Trinajstić information content (AvgIpc) is 2.98. The van der Waals surface area contributed by atoms with E-state index in [1.807, 2.05) is 31.2 Å². The van der Waals surface area contributed by atoms with Gasteiger partial charge >= 0.3 is 0 Å². The second-order valence-corrected chi connectivity index (χ2v) is 4.19. The van der Waals surface area contributed by atoms with Gasteiger partial charge in [-0.15, -0.1) is 0 Å². The molecule has 4 nitrogen and oxygen atoms in total. The molecule has 1 aromatic heterocycles. The topological polar surface area (TPSA) is 51.5 Å². The Morgan fingerprint density at radius 1 is 1.37 bits per heavy atom. The first kappa shape index (κ1) is 13.2. The Morgan fingerprint density at radius 2 is 2.16 bits per heavy atom. The summed E-state index contributed by atoms with van der Waals surface area (Å²) in [5, 5.41) is 2.98. The highest BCUT2D eigenvalue weighted by Crippen LogP contribution is 2.27. The molecule has 0 radical (unpaired) electrons. The summed E-state index contributed by atoms with van der Waals surface area (Å²) >= 11 is 0. The van der Waals surface area contributed by atoms with Crippen LogP contribution in [0.5, 0.6) is 5.75 Å². The molecule has 0 saturated heterocycles. The Bertz CT molecular complexity index is 534. The SMILES string of the molecule is CCC(NC(=O)c1ccoc1)c1ccccc1OC. The minimum atomic E-state index is -0.147. The maximum Gasteiger partial charge on any atom is 0.255 e. The number of ether oxygens (including phenoxy) is 1. The van der Waals surface area contributed by atoms with Crippen molar-refractivity contribution < 1.29 is 13.9 Å². The summed E-state index contributed by atoms with van der Waals surface area (Å²) in [6.07, 6.45) is 3.70. The summed E-state index contributed by atoms with van der Waals surface area (Å²) in [6.45, 7) is 2.02. The number of amides is 1. The Hall–Kier alpha value is -2.23. The van der Waals surface area contributed by atoms with E-state index < -0.39 is 0 Å². The van der Waals surface area contributed by atoms with Gasteiger partial charge in [0.25, 0.3) is 5.91 Å². The number of furan rings is 1. The fourth-order valence-corrected chi connectivity index (χ4v) is 1.99. The number of methoxy groups -OCH3 is 1. The number of hydrogen-bond donors (Lipinski definition) is 1. The predicted molar refractivity (Wildman–Crippen MR) is 72.2 cm³/mol. The second-order valence-electron chi connectivity index (χ2n) is 4.19. The van der Waals surface area contributed by atoms with E-state index in [0.29, 0.717) is 5.56 Å². The molecule has 1 unspecified atom stereocenters. The van der Waals surface area contributed by atoms with Crippen LogP contribution in [0.15, 0.2) is 47.3 Å². The minimum absolute atomic E-state index is 0.0847. The van der Waals surface area contributed by atoms with Gasteiger partial charge in [0.2, 0.25) is 0 Å². The van der Waals surface area contributed by atoms with Crippen LogP contribution < -0.4 is 10.1 Å². The van der Waals surface area contributed by atoms with Gasteiger partial charge in [0.05, 0.1) is 25.0 Å². The summed E-state index contributed by atoms with van der Waals surface area (Å²) in [5.74, 6) is 0.633. The van der Waals surface area contributed by atoms with E-state index in [2.05, 4.69) is 5.32 Å². The lowest BCUT2D eigenvalue weighted by Gasteiger charge is -2.19. The summed E-state index contributed by atoms with van der Waals surface area (Å²) in [4.78, 5) is 12.0. The second kappa shape index (κ2) is 6.09. The summed E-state index contributed by atoms with van der Waals surface area (Å²) in [7, 11) is 1.63. The molecule has 0 aliphatic carbocycles. The van der Waals surface area contributed by atoms with Crippen molar-refractivity contribution >= 4 is 5.91 Å². The third-order valence-corrected chi connectivity index (χ3v) is 3.01. The van der Waals surface area contributed by atoms with E-state index in [0.717, 1.165) is 17.7 Å². The van der Waals surface area contributed by atoms with Crippen molar-refractivity contribution in [3.8, 4) is 5.75 Å². The number of para-hydroxylation sites is 1. The molecule has 0 bridgehead atoms. The van der Waals surface area contributed by atoms with Gasteiger partial charge in [0.1, 0.15) is 12.0 Å². The van der Waals surface area contributed by atoms with E-state index in [1.54, 1.807) is 13.2 Å². The van der Waals surface area contributed by atoms with Gasteiger partial charge in [-0.05, 0) is 18.6 Å². The molecule has 1 N–H and O–H groups in total. The molecular weight excluding hydrogens is 242 g/mol. The third-order valence-electron chi connectivity index (χ3n) is 3.01. The molecule has 1 amide bonds. The predicted octanol–water partition coefficient (Wildman–Crippen LogP) is 3.17. The lowest BCUT2D eigenvalue weighted by molar-refractivity contribution is 0.0934. The van der Waals surface area contributed by atoms with Crippen LogP contribution in [0.3, 0.4) is 0 Å². The molecule has 1 aromatic carbocycles. The van der Waals surface area contributed by atoms with Crippen LogP contribution in [-0.4, -0.2) is 13.0 Å². The molecule has 1 heterocycles. The molecule has 1 atom stereocenters. The Kier molecular flexibility index (Phi) is 4.23. The zero-order valence-electron chi connectivity index (χ0n) is 11.1. The largest absolute Gasteiger partial charge is 0.496 e.